The first-order valence-electron chi connectivity index (χ1n) is 3.89. The van der Waals surface area contributed by atoms with Crippen LogP contribution in [0, 0.1) is 0 Å². The van der Waals surface area contributed by atoms with Crippen LogP contribution in [-0.4, -0.2) is 21.8 Å². The second-order valence-electron chi connectivity index (χ2n) is 2.45. The van der Waals surface area contributed by atoms with Crippen LogP contribution in [-0.2, 0) is 13.1 Å². The Morgan fingerprint density at radius 3 is 3.09 bits per heavy atom. The van der Waals surface area contributed by atoms with E-state index in [0.717, 1.165) is 25.3 Å². The minimum atomic E-state index is 0.747. The molecule has 0 radical (unpaired) electrons. The molecular formula is C7H14N4. The first-order chi connectivity index (χ1) is 5.36. The number of hydrogen-bond acceptors (Lipinski definition) is 3. The lowest BCUT2D eigenvalue weighted by Gasteiger charge is -1.93. The van der Waals surface area contributed by atoms with Crippen LogP contribution < -0.4 is 5.32 Å². The van der Waals surface area contributed by atoms with E-state index >= 15 is 0 Å². The van der Waals surface area contributed by atoms with E-state index in [1.807, 2.05) is 11.7 Å². The summed E-state index contributed by atoms with van der Waals surface area (Å²) in [5, 5.41) is 7.23. The Bertz CT molecular complexity index is 185. The molecule has 4 heteroatoms. The zero-order valence-electron chi connectivity index (χ0n) is 7.04. The van der Waals surface area contributed by atoms with Gasteiger partial charge in [0.1, 0.15) is 6.33 Å². The van der Waals surface area contributed by atoms with Crippen LogP contribution in [0.4, 0.5) is 0 Å². The summed E-state index contributed by atoms with van der Waals surface area (Å²) in [6.45, 7) is 3.83. The fourth-order valence-electron chi connectivity index (χ4n) is 0.909. The number of nitrogens with zero attached hydrogens (tertiary/aromatic N) is 3. The lowest BCUT2D eigenvalue weighted by atomic mass is 10.5. The van der Waals surface area contributed by atoms with Crippen molar-refractivity contribution in [2.75, 3.05) is 7.05 Å². The predicted octanol–water partition coefficient (Wildman–Crippen LogP) is 0.407. The lowest BCUT2D eigenvalue weighted by Crippen LogP contribution is -2.07. The quantitative estimate of drug-likeness (QED) is 0.683. The smallest absolute Gasteiger partial charge is 0.164 e. The molecule has 0 aliphatic carbocycles. The Kier molecular flexibility index (Phi) is 3.04. The maximum Gasteiger partial charge on any atom is 0.164 e. The summed E-state index contributed by atoms with van der Waals surface area (Å²) < 4.78 is 1.87. The molecule has 4 nitrogen and oxygen atoms in total. The van der Waals surface area contributed by atoms with Crippen molar-refractivity contribution in [3.05, 3.63) is 12.2 Å². The molecule has 0 fully saturated rings. The summed E-state index contributed by atoms with van der Waals surface area (Å²) in [6.07, 6.45) is 2.87. The molecule has 1 aromatic rings. The molecule has 0 aliphatic rings. The van der Waals surface area contributed by atoms with Gasteiger partial charge in [0, 0.05) is 6.54 Å². The van der Waals surface area contributed by atoms with Gasteiger partial charge in [-0.15, -0.1) is 0 Å². The number of rotatable bonds is 4. The fourth-order valence-corrected chi connectivity index (χ4v) is 0.909. The van der Waals surface area contributed by atoms with Gasteiger partial charge < -0.3 is 5.32 Å². The molecule has 11 heavy (non-hydrogen) atoms. The maximum absolute atomic E-state index is 4.23. The first kappa shape index (κ1) is 8.20. The molecule has 0 saturated carbocycles. The van der Waals surface area contributed by atoms with Gasteiger partial charge in [0.2, 0.25) is 0 Å². The molecule has 0 aromatic carbocycles. The Hall–Kier alpha value is -0.900. The maximum atomic E-state index is 4.23. The van der Waals surface area contributed by atoms with Crippen molar-refractivity contribution < 1.29 is 0 Å². The van der Waals surface area contributed by atoms with E-state index in [2.05, 4.69) is 22.3 Å². The van der Waals surface area contributed by atoms with Crippen molar-refractivity contribution >= 4 is 0 Å². The van der Waals surface area contributed by atoms with Crippen molar-refractivity contribution in [1.82, 2.24) is 20.1 Å². The standard InChI is InChI=1S/C7H14N4/c1-3-4-11-6-9-7(10-11)5-8-2/h6,8H,3-5H2,1-2H3. The van der Waals surface area contributed by atoms with E-state index in [0.29, 0.717) is 0 Å². The minimum absolute atomic E-state index is 0.747. The average molecular weight is 154 g/mol. The summed E-state index contributed by atoms with van der Waals surface area (Å²) in [7, 11) is 1.89. The van der Waals surface area contributed by atoms with Gasteiger partial charge in [-0.25, -0.2) is 4.98 Å². The predicted molar refractivity (Wildman–Crippen MR) is 43.1 cm³/mol. The second kappa shape index (κ2) is 4.08. The third-order valence-corrected chi connectivity index (χ3v) is 1.37. The van der Waals surface area contributed by atoms with E-state index in [1.54, 1.807) is 6.33 Å². The lowest BCUT2D eigenvalue weighted by molar-refractivity contribution is 0.589. The van der Waals surface area contributed by atoms with Gasteiger partial charge in [0.15, 0.2) is 5.82 Å². The van der Waals surface area contributed by atoms with Gasteiger partial charge in [-0.2, -0.15) is 5.10 Å². The van der Waals surface area contributed by atoms with Crippen molar-refractivity contribution in [2.24, 2.45) is 0 Å². The molecule has 1 heterocycles. The summed E-state index contributed by atoms with van der Waals surface area (Å²) >= 11 is 0. The van der Waals surface area contributed by atoms with Crippen molar-refractivity contribution in [2.45, 2.75) is 26.4 Å². The summed E-state index contributed by atoms with van der Waals surface area (Å²) in [6, 6.07) is 0. The monoisotopic (exact) mass is 154 g/mol. The fraction of sp³-hybridized carbons (Fsp3) is 0.714. The van der Waals surface area contributed by atoms with Crippen LogP contribution in [0.25, 0.3) is 0 Å². The van der Waals surface area contributed by atoms with Crippen molar-refractivity contribution in [3.8, 4) is 0 Å². The highest BCUT2D eigenvalue weighted by molar-refractivity contribution is 4.79. The molecule has 62 valence electrons. The number of aromatic nitrogens is 3. The Balaban J connectivity index is 2.51. The Morgan fingerprint density at radius 2 is 2.45 bits per heavy atom. The normalized spacial score (nSPS) is 10.4. The Labute approximate surface area is 66.6 Å². The molecule has 1 aromatic heterocycles. The summed E-state index contributed by atoms with van der Waals surface area (Å²) in [4.78, 5) is 4.11. The highest BCUT2D eigenvalue weighted by Crippen LogP contribution is 1.90. The molecule has 0 aliphatic heterocycles. The van der Waals surface area contributed by atoms with E-state index in [9.17, 15) is 0 Å². The zero-order chi connectivity index (χ0) is 8.10. The van der Waals surface area contributed by atoms with Crippen LogP contribution in [0.2, 0.25) is 0 Å². The van der Waals surface area contributed by atoms with Crippen LogP contribution >= 0.6 is 0 Å². The molecule has 0 atom stereocenters. The summed E-state index contributed by atoms with van der Waals surface area (Å²) in [5.41, 5.74) is 0. The van der Waals surface area contributed by atoms with Gasteiger partial charge >= 0.3 is 0 Å². The molecular weight excluding hydrogens is 140 g/mol. The molecule has 1 N–H and O–H groups in total. The molecule has 0 bridgehead atoms. The van der Waals surface area contributed by atoms with Gasteiger partial charge in [-0.1, -0.05) is 6.92 Å². The van der Waals surface area contributed by atoms with Gasteiger partial charge in [-0.05, 0) is 13.5 Å². The second-order valence-corrected chi connectivity index (χ2v) is 2.45. The largest absolute Gasteiger partial charge is 0.313 e. The SMILES string of the molecule is CCCn1cnc(CNC)n1. The van der Waals surface area contributed by atoms with Gasteiger partial charge in [0.05, 0.1) is 6.54 Å². The van der Waals surface area contributed by atoms with E-state index in [-0.39, 0.29) is 0 Å². The third kappa shape index (κ3) is 2.31. The van der Waals surface area contributed by atoms with Gasteiger partial charge in [-0.3, -0.25) is 4.68 Å². The van der Waals surface area contributed by atoms with E-state index < -0.39 is 0 Å². The molecule has 0 amide bonds. The van der Waals surface area contributed by atoms with Crippen molar-refractivity contribution in [3.63, 3.8) is 0 Å². The minimum Gasteiger partial charge on any atom is -0.313 e. The van der Waals surface area contributed by atoms with E-state index in [1.165, 1.54) is 0 Å². The molecule has 0 saturated heterocycles. The van der Waals surface area contributed by atoms with Gasteiger partial charge in [0.25, 0.3) is 0 Å². The zero-order valence-corrected chi connectivity index (χ0v) is 7.04. The van der Waals surface area contributed by atoms with Crippen molar-refractivity contribution in [1.29, 1.82) is 0 Å². The molecule has 1 rings (SSSR count). The number of aryl methyl sites for hydroxylation is 1. The number of hydrogen-bond donors (Lipinski definition) is 1. The highest BCUT2D eigenvalue weighted by atomic mass is 15.3. The highest BCUT2D eigenvalue weighted by Gasteiger charge is 1.96. The van der Waals surface area contributed by atoms with Crippen LogP contribution in [0.15, 0.2) is 6.33 Å². The Morgan fingerprint density at radius 1 is 1.64 bits per heavy atom. The van der Waals surface area contributed by atoms with Crippen LogP contribution in [0.5, 0.6) is 0 Å². The first-order valence-corrected chi connectivity index (χ1v) is 3.89. The topological polar surface area (TPSA) is 42.7 Å². The molecule has 0 unspecified atom stereocenters. The van der Waals surface area contributed by atoms with Crippen LogP contribution in [0.1, 0.15) is 19.2 Å². The summed E-state index contributed by atoms with van der Waals surface area (Å²) in [5.74, 6) is 0.862. The average Bonchev–Trinajstić information content (AvgIpc) is 2.38. The number of nitrogens with one attached hydrogen (secondary N) is 1. The third-order valence-electron chi connectivity index (χ3n) is 1.37. The molecule has 0 spiro atoms. The van der Waals surface area contributed by atoms with Crippen LogP contribution in [0.3, 0.4) is 0 Å². The van der Waals surface area contributed by atoms with E-state index in [4.69, 9.17) is 0 Å².